The second-order valence-corrected chi connectivity index (χ2v) is 5.63. The van der Waals surface area contributed by atoms with Gasteiger partial charge in [0.05, 0.1) is 25.4 Å². The standard InChI is InChI=1S/C12H22O9S/c13-3-7-11(16)5(14)1-9(19-7)18-4-8-12(17)6(15)2-10(20-8)21-22/h5-17,22H,1-4H2/t5?,6-,7?,8?,9+,10-,11+,12+/m1/s1. The first-order valence-corrected chi connectivity index (χ1v) is 7.38. The summed E-state index contributed by atoms with van der Waals surface area (Å²) in [4.78, 5) is 0. The molecule has 2 heterocycles. The summed E-state index contributed by atoms with van der Waals surface area (Å²) in [6, 6.07) is 0. The highest BCUT2D eigenvalue weighted by Gasteiger charge is 2.40. The predicted molar refractivity (Wildman–Crippen MR) is 73.7 cm³/mol. The molecule has 0 bridgehead atoms. The van der Waals surface area contributed by atoms with Crippen LogP contribution in [0.25, 0.3) is 0 Å². The summed E-state index contributed by atoms with van der Waals surface area (Å²) in [5.41, 5.74) is 0. The van der Waals surface area contributed by atoms with Crippen LogP contribution in [0.2, 0.25) is 0 Å². The van der Waals surface area contributed by atoms with Crippen molar-refractivity contribution in [3.05, 3.63) is 0 Å². The van der Waals surface area contributed by atoms with E-state index in [0.29, 0.717) is 0 Å². The number of hydrogen-bond donors (Lipinski definition) is 6. The molecule has 0 saturated carbocycles. The molecule has 0 amide bonds. The van der Waals surface area contributed by atoms with Gasteiger partial charge in [0.1, 0.15) is 24.4 Å². The van der Waals surface area contributed by atoms with E-state index in [1.54, 1.807) is 0 Å². The van der Waals surface area contributed by atoms with Gasteiger partial charge in [0.2, 0.25) is 0 Å². The van der Waals surface area contributed by atoms with E-state index >= 15 is 0 Å². The Bertz CT molecular complexity index is 347. The largest absolute Gasteiger partial charge is 0.394 e. The van der Waals surface area contributed by atoms with Gasteiger partial charge in [0.15, 0.2) is 12.6 Å². The molecular weight excluding hydrogens is 320 g/mol. The van der Waals surface area contributed by atoms with E-state index in [-0.39, 0.29) is 19.4 Å². The van der Waals surface area contributed by atoms with E-state index in [4.69, 9.17) is 23.5 Å². The maximum Gasteiger partial charge on any atom is 0.173 e. The maximum atomic E-state index is 9.87. The van der Waals surface area contributed by atoms with Crippen LogP contribution in [0.15, 0.2) is 0 Å². The van der Waals surface area contributed by atoms with Gasteiger partial charge in [-0.1, -0.05) is 0 Å². The van der Waals surface area contributed by atoms with Gasteiger partial charge in [-0.3, -0.25) is 4.18 Å². The van der Waals surface area contributed by atoms with E-state index in [1.807, 2.05) is 0 Å². The zero-order valence-electron chi connectivity index (χ0n) is 11.8. The topological polar surface area (TPSA) is 138 Å². The summed E-state index contributed by atoms with van der Waals surface area (Å²) in [5.74, 6) is 0. The van der Waals surface area contributed by atoms with Crippen molar-refractivity contribution in [2.24, 2.45) is 0 Å². The second kappa shape index (κ2) is 8.20. The number of rotatable bonds is 5. The Kier molecular flexibility index (Phi) is 6.83. The van der Waals surface area contributed by atoms with Crippen molar-refractivity contribution in [2.45, 2.75) is 62.0 Å². The molecule has 0 aromatic carbocycles. The lowest BCUT2D eigenvalue weighted by Gasteiger charge is -2.39. The fraction of sp³-hybridized carbons (Fsp3) is 1.00. The van der Waals surface area contributed by atoms with Crippen LogP contribution in [0.4, 0.5) is 0 Å². The summed E-state index contributed by atoms with van der Waals surface area (Å²) < 4.78 is 20.8. The summed E-state index contributed by atoms with van der Waals surface area (Å²) in [5, 5.41) is 47.9. The first-order valence-electron chi connectivity index (χ1n) is 7.02. The van der Waals surface area contributed by atoms with E-state index in [0.717, 1.165) is 0 Å². The number of ether oxygens (including phenoxy) is 3. The van der Waals surface area contributed by atoms with E-state index in [2.05, 4.69) is 12.9 Å². The summed E-state index contributed by atoms with van der Waals surface area (Å²) >= 11 is 3.62. The Morgan fingerprint density at radius 3 is 2.05 bits per heavy atom. The van der Waals surface area contributed by atoms with Crippen molar-refractivity contribution >= 4 is 12.9 Å². The Hall–Kier alpha value is -0.0100. The highest BCUT2D eigenvalue weighted by molar-refractivity contribution is 7.75. The molecule has 130 valence electrons. The molecule has 8 atom stereocenters. The highest BCUT2D eigenvalue weighted by Crippen LogP contribution is 2.25. The van der Waals surface area contributed by atoms with Crippen LogP contribution >= 0.6 is 12.9 Å². The molecule has 2 aliphatic heterocycles. The third kappa shape index (κ3) is 4.29. The Balaban J connectivity index is 1.86. The van der Waals surface area contributed by atoms with Crippen molar-refractivity contribution < 1.29 is 43.9 Å². The monoisotopic (exact) mass is 342 g/mol. The minimum absolute atomic E-state index is 0.00946. The Labute approximate surface area is 133 Å². The van der Waals surface area contributed by atoms with Crippen LogP contribution < -0.4 is 0 Å². The average molecular weight is 342 g/mol. The zero-order chi connectivity index (χ0) is 16.3. The zero-order valence-corrected chi connectivity index (χ0v) is 12.7. The second-order valence-electron chi connectivity index (χ2n) is 5.42. The molecule has 2 saturated heterocycles. The van der Waals surface area contributed by atoms with E-state index in [9.17, 15) is 20.4 Å². The first kappa shape index (κ1) is 18.3. The van der Waals surface area contributed by atoms with Gasteiger partial charge in [-0.2, -0.15) is 0 Å². The molecular formula is C12H22O9S. The van der Waals surface area contributed by atoms with E-state index < -0.39 is 55.8 Å². The van der Waals surface area contributed by atoms with Gasteiger partial charge in [0, 0.05) is 12.8 Å². The molecule has 22 heavy (non-hydrogen) atoms. The van der Waals surface area contributed by atoms with Crippen molar-refractivity contribution in [2.75, 3.05) is 13.2 Å². The van der Waals surface area contributed by atoms with Crippen LogP contribution in [0.1, 0.15) is 12.8 Å². The first-order chi connectivity index (χ1) is 10.5. The molecule has 3 unspecified atom stereocenters. The molecule has 2 fully saturated rings. The lowest BCUT2D eigenvalue weighted by Crippen LogP contribution is -2.53. The molecule has 0 aliphatic carbocycles. The molecule has 9 nitrogen and oxygen atoms in total. The SMILES string of the molecule is OCC1O[C@H](OCC2O[C@H](OS)C[C@@H](O)[C@@H]2O)CC(O)[C@@H]1O. The molecule has 5 N–H and O–H groups in total. The van der Waals surface area contributed by atoms with Crippen LogP contribution in [0.3, 0.4) is 0 Å². The molecule has 0 radical (unpaired) electrons. The summed E-state index contributed by atoms with van der Waals surface area (Å²) in [7, 11) is 0. The predicted octanol–water partition coefficient (Wildman–Crippen LogP) is -2.47. The van der Waals surface area contributed by atoms with Crippen molar-refractivity contribution in [3.63, 3.8) is 0 Å². The average Bonchev–Trinajstić information content (AvgIpc) is 2.51. The number of aliphatic hydroxyl groups excluding tert-OH is 5. The maximum absolute atomic E-state index is 9.87. The van der Waals surface area contributed by atoms with Gasteiger partial charge < -0.3 is 39.7 Å². The molecule has 0 aromatic heterocycles. The lowest BCUT2D eigenvalue weighted by molar-refractivity contribution is -0.282. The van der Waals surface area contributed by atoms with Gasteiger partial charge in [-0.05, 0) is 12.9 Å². The smallest absolute Gasteiger partial charge is 0.173 e. The third-order valence-corrected chi connectivity index (χ3v) is 4.05. The summed E-state index contributed by atoms with van der Waals surface area (Å²) in [6.45, 7) is -0.591. The number of hydrogen-bond acceptors (Lipinski definition) is 10. The van der Waals surface area contributed by atoms with E-state index in [1.165, 1.54) is 0 Å². The minimum Gasteiger partial charge on any atom is -0.394 e. The Morgan fingerprint density at radius 1 is 0.909 bits per heavy atom. The van der Waals surface area contributed by atoms with Gasteiger partial charge in [0.25, 0.3) is 0 Å². The fourth-order valence-electron chi connectivity index (χ4n) is 2.50. The molecule has 2 aliphatic rings. The highest BCUT2D eigenvalue weighted by atomic mass is 32.1. The Morgan fingerprint density at radius 2 is 1.45 bits per heavy atom. The van der Waals surface area contributed by atoms with Gasteiger partial charge >= 0.3 is 0 Å². The molecule has 0 spiro atoms. The molecule has 0 aromatic rings. The van der Waals surface area contributed by atoms with Gasteiger partial charge in [-0.25, -0.2) is 0 Å². The van der Waals surface area contributed by atoms with Crippen LogP contribution in [0.5, 0.6) is 0 Å². The normalized spacial score (nSPS) is 46.6. The van der Waals surface area contributed by atoms with Crippen molar-refractivity contribution in [1.82, 2.24) is 0 Å². The fourth-order valence-corrected chi connectivity index (χ4v) is 2.63. The van der Waals surface area contributed by atoms with Crippen molar-refractivity contribution in [1.29, 1.82) is 0 Å². The quantitative estimate of drug-likeness (QED) is 0.237. The van der Waals surface area contributed by atoms with Crippen LogP contribution in [0, 0.1) is 0 Å². The minimum atomic E-state index is -1.19. The number of aliphatic hydroxyl groups is 5. The third-order valence-electron chi connectivity index (χ3n) is 3.82. The van der Waals surface area contributed by atoms with Gasteiger partial charge in [-0.15, -0.1) is 0 Å². The lowest BCUT2D eigenvalue weighted by atomic mass is 10.0. The van der Waals surface area contributed by atoms with Crippen LogP contribution in [-0.4, -0.2) is 88.0 Å². The molecule has 10 heteroatoms. The number of thiol groups is 1. The van der Waals surface area contributed by atoms with Crippen LogP contribution in [-0.2, 0) is 18.4 Å². The van der Waals surface area contributed by atoms with Crippen molar-refractivity contribution in [3.8, 4) is 0 Å². The summed E-state index contributed by atoms with van der Waals surface area (Å²) in [6.07, 6.45) is -7.85. The molecule has 2 rings (SSSR count).